The SMILES string of the molecule is CCOC(=O)C1=C(c2ccccc2)N=c2s/c(=C\c3cc(Br)c(OCc4ccc(Cl)c(Cl)c4)c(OC)c3)c(=O)n2[C@H]1c1ccc(OC)c(OC)c1. The van der Waals surface area contributed by atoms with Crippen molar-refractivity contribution >= 4 is 68.2 Å². The summed E-state index contributed by atoms with van der Waals surface area (Å²) >= 11 is 17.1. The number of esters is 1. The van der Waals surface area contributed by atoms with Gasteiger partial charge in [0, 0.05) is 5.56 Å². The van der Waals surface area contributed by atoms with Crippen molar-refractivity contribution in [2.24, 2.45) is 4.99 Å². The standard InChI is InChI=1S/C38H31BrCl2N2O7S/c1-5-49-37(45)32-33(23-9-7-6-8-10-23)42-38-43(34(32)24-12-14-28(46-2)29(19-24)47-3)36(44)31(51-38)18-22-15-25(39)35(30(17-22)48-4)50-20-21-11-13-26(40)27(41)16-21/h6-19,34H,5,20H2,1-4H3/b31-18-/t34-/m0/s1. The molecule has 2 heterocycles. The summed E-state index contributed by atoms with van der Waals surface area (Å²) in [5.74, 6) is 1.28. The van der Waals surface area contributed by atoms with Crippen LogP contribution in [0.2, 0.25) is 10.0 Å². The van der Waals surface area contributed by atoms with Gasteiger partial charge in [0.15, 0.2) is 27.8 Å². The van der Waals surface area contributed by atoms with Crippen LogP contribution in [0.1, 0.15) is 35.2 Å². The first kappa shape index (κ1) is 36.2. The summed E-state index contributed by atoms with van der Waals surface area (Å²) in [7, 11) is 4.61. The average Bonchev–Trinajstić information content (AvgIpc) is 3.45. The number of thiazole rings is 1. The first-order chi connectivity index (χ1) is 24.7. The number of fused-ring (bicyclic) bond motifs is 1. The third-order valence-electron chi connectivity index (χ3n) is 8.01. The molecule has 0 fully saturated rings. The Labute approximate surface area is 316 Å². The third-order valence-corrected chi connectivity index (χ3v) is 10.3. The first-order valence-corrected chi connectivity index (χ1v) is 18.0. The molecule has 262 valence electrons. The monoisotopic (exact) mass is 808 g/mol. The van der Waals surface area contributed by atoms with E-state index in [1.54, 1.807) is 56.5 Å². The predicted octanol–water partition coefficient (Wildman–Crippen LogP) is 7.61. The summed E-state index contributed by atoms with van der Waals surface area (Å²) in [4.78, 5) is 33.6. The predicted molar refractivity (Wildman–Crippen MR) is 202 cm³/mol. The molecule has 4 aromatic carbocycles. The number of benzene rings is 4. The fourth-order valence-corrected chi connectivity index (χ4v) is 7.57. The third kappa shape index (κ3) is 7.43. The molecule has 6 rings (SSSR count). The molecule has 0 saturated carbocycles. The smallest absolute Gasteiger partial charge is 0.338 e. The van der Waals surface area contributed by atoms with E-state index in [-0.39, 0.29) is 24.3 Å². The number of carbonyl (C=O) groups excluding carboxylic acids is 1. The van der Waals surface area contributed by atoms with Crippen LogP contribution in [-0.2, 0) is 16.1 Å². The number of hydrogen-bond acceptors (Lipinski definition) is 9. The van der Waals surface area contributed by atoms with E-state index < -0.39 is 12.0 Å². The van der Waals surface area contributed by atoms with Crippen LogP contribution in [0.4, 0.5) is 0 Å². The van der Waals surface area contributed by atoms with E-state index >= 15 is 0 Å². The zero-order valence-electron chi connectivity index (χ0n) is 27.9. The molecular weight excluding hydrogens is 779 g/mol. The number of ether oxygens (including phenoxy) is 5. The van der Waals surface area contributed by atoms with Crippen LogP contribution in [0.25, 0.3) is 11.8 Å². The molecule has 0 spiro atoms. The van der Waals surface area contributed by atoms with E-state index in [4.69, 9.17) is 51.9 Å². The average molecular weight is 811 g/mol. The van der Waals surface area contributed by atoms with Gasteiger partial charge in [0.05, 0.1) is 64.3 Å². The highest BCUT2D eigenvalue weighted by Crippen LogP contribution is 2.40. The van der Waals surface area contributed by atoms with Crippen LogP contribution in [0, 0.1) is 0 Å². The fraction of sp³-hybridized carbons (Fsp3) is 0.184. The lowest BCUT2D eigenvalue weighted by molar-refractivity contribution is -0.138. The van der Waals surface area contributed by atoms with Gasteiger partial charge in [0.25, 0.3) is 5.56 Å². The van der Waals surface area contributed by atoms with Gasteiger partial charge in [0.1, 0.15) is 6.61 Å². The lowest BCUT2D eigenvalue weighted by Crippen LogP contribution is -2.40. The minimum atomic E-state index is -0.893. The van der Waals surface area contributed by atoms with Gasteiger partial charge in [-0.2, -0.15) is 0 Å². The Morgan fingerprint density at radius 1 is 0.922 bits per heavy atom. The van der Waals surface area contributed by atoms with Gasteiger partial charge in [-0.3, -0.25) is 9.36 Å². The van der Waals surface area contributed by atoms with E-state index in [0.29, 0.717) is 69.2 Å². The van der Waals surface area contributed by atoms with Crippen LogP contribution in [0.5, 0.6) is 23.0 Å². The summed E-state index contributed by atoms with van der Waals surface area (Å²) in [5.41, 5.74) is 3.10. The molecule has 0 aliphatic carbocycles. The van der Waals surface area contributed by atoms with Crippen LogP contribution < -0.4 is 33.8 Å². The zero-order chi connectivity index (χ0) is 36.2. The van der Waals surface area contributed by atoms with E-state index in [1.807, 2.05) is 42.5 Å². The highest BCUT2D eigenvalue weighted by Gasteiger charge is 2.35. The molecule has 51 heavy (non-hydrogen) atoms. The minimum absolute atomic E-state index is 0.136. The van der Waals surface area contributed by atoms with Crippen LogP contribution in [0.15, 0.2) is 98.7 Å². The van der Waals surface area contributed by atoms with Crippen molar-refractivity contribution < 1.29 is 28.5 Å². The Kier molecular flexibility index (Phi) is 11.2. The molecular formula is C38H31BrCl2N2O7S. The summed E-state index contributed by atoms with van der Waals surface area (Å²) in [6, 6.07) is 22.6. The quantitative estimate of drug-likeness (QED) is 0.127. The second kappa shape index (κ2) is 15.8. The van der Waals surface area contributed by atoms with Gasteiger partial charge >= 0.3 is 5.97 Å². The van der Waals surface area contributed by atoms with Gasteiger partial charge in [-0.05, 0) is 82.0 Å². The van der Waals surface area contributed by atoms with Crippen molar-refractivity contribution in [1.82, 2.24) is 4.57 Å². The van der Waals surface area contributed by atoms with Crippen LogP contribution in [0.3, 0.4) is 0 Å². The van der Waals surface area contributed by atoms with Crippen molar-refractivity contribution in [2.45, 2.75) is 19.6 Å². The maximum atomic E-state index is 14.4. The molecule has 1 aliphatic heterocycles. The normalized spacial score (nSPS) is 14.1. The Morgan fingerprint density at radius 2 is 1.67 bits per heavy atom. The largest absolute Gasteiger partial charge is 0.493 e. The Morgan fingerprint density at radius 3 is 2.35 bits per heavy atom. The number of methoxy groups -OCH3 is 3. The van der Waals surface area contributed by atoms with Crippen LogP contribution in [-0.4, -0.2) is 38.5 Å². The second-order valence-electron chi connectivity index (χ2n) is 11.1. The molecule has 0 bridgehead atoms. The van der Waals surface area contributed by atoms with Crippen LogP contribution >= 0.6 is 50.5 Å². The Balaban J connectivity index is 1.50. The molecule has 1 atom stereocenters. The summed E-state index contributed by atoms with van der Waals surface area (Å²) in [6.45, 7) is 2.08. The summed E-state index contributed by atoms with van der Waals surface area (Å²) in [6.07, 6.45) is 1.75. The van der Waals surface area contributed by atoms with Gasteiger partial charge < -0.3 is 23.7 Å². The van der Waals surface area contributed by atoms with Crippen molar-refractivity contribution in [3.8, 4) is 23.0 Å². The molecule has 5 aromatic rings. The van der Waals surface area contributed by atoms with Crippen molar-refractivity contribution in [1.29, 1.82) is 0 Å². The summed E-state index contributed by atoms with van der Waals surface area (Å²) < 4.78 is 31.0. The molecule has 13 heteroatoms. The molecule has 1 aliphatic rings. The molecule has 0 unspecified atom stereocenters. The van der Waals surface area contributed by atoms with Gasteiger partial charge in [-0.1, -0.05) is 77.0 Å². The lowest BCUT2D eigenvalue weighted by Gasteiger charge is -2.26. The van der Waals surface area contributed by atoms with Crippen molar-refractivity contribution in [2.75, 3.05) is 27.9 Å². The highest BCUT2D eigenvalue weighted by atomic mass is 79.9. The van der Waals surface area contributed by atoms with Gasteiger partial charge in [-0.25, -0.2) is 9.79 Å². The molecule has 0 saturated heterocycles. The topological polar surface area (TPSA) is 97.6 Å². The molecule has 1 aromatic heterocycles. The van der Waals surface area contributed by atoms with Crippen molar-refractivity contribution in [3.05, 3.63) is 141 Å². The van der Waals surface area contributed by atoms with E-state index in [9.17, 15) is 9.59 Å². The van der Waals surface area contributed by atoms with E-state index in [0.717, 1.165) is 5.56 Å². The highest BCUT2D eigenvalue weighted by molar-refractivity contribution is 9.10. The Hall–Kier alpha value is -4.55. The van der Waals surface area contributed by atoms with E-state index in [2.05, 4.69) is 15.9 Å². The number of hydrogen-bond donors (Lipinski definition) is 0. The number of nitrogens with zero attached hydrogens (tertiary/aromatic N) is 2. The molecule has 0 N–H and O–H groups in total. The van der Waals surface area contributed by atoms with E-state index in [1.165, 1.54) is 30.1 Å². The molecule has 0 amide bonds. The second-order valence-corrected chi connectivity index (χ2v) is 13.8. The number of aromatic nitrogens is 1. The lowest BCUT2D eigenvalue weighted by atomic mass is 9.93. The number of halogens is 3. The minimum Gasteiger partial charge on any atom is -0.493 e. The summed E-state index contributed by atoms with van der Waals surface area (Å²) in [5, 5.41) is 0.886. The fourth-order valence-electron chi connectivity index (χ4n) is 5.68. The maximum absolute atomic E-state index is 14.4. The Bertz CT molecular complexity index is 2340. The zero-order valence-corrected chi connectivity index (χ0v) is 31.8. The molecule has 0 radical (unpaired) electrons. The number of carbonyl (C=O) groups is 1. The van der Waals surface area contributed by atoms with Gasteiger partial charge in [0.2, 0.25) is 0 Å². The van der Waals surface area contributed by atoms with Gasteiger partial charge in [-0.15, -0.1) is 0 Å². The maximum Gasteiger partial charge on any atom is 0.338 e. The molecule has 9 nitrogen and oxygen atoms in total. The number of rotatable bonds is 11. The first-order valence-electron chi connectivity index (χ1n) is 15.6. The van der Waals surface area contributed by atoms with Crippen molar-refractivity contribution in [3.63, 3.8) is 0 Å².